The molecule has 4 heteroatoms. The predicted octanol–water partition coefficient (Wildman–Crippen LogP) is 0.221. The summed E-state index contributed by atoms with van der Waals surface area (Å²) in [5, 5.41) is 0. The van der Waals surface area contributed by atoms with Crippen LogP contribution in [0.1, 0.15) is 13.8 Å². The average molecular weight is 168 g/mol. The molecule has 0 aromatic rings. The van der Waals surface area contributed by atoms with E-state index in [1.54, 1.807) is 0 Å². The van der Waals surface area contributed by atoms with Gasteiger partial charge in [-0.2, -0.15) is 0 Å². The van der Waals surface area contributed by atoms with Crippen LogP contribution in [0.25, 0.3) is 0 Å². The summed E-state index contributed by atoms with van der Waals surface area (Å²) in [7, 11) is 0. The van der Waals surface area contributed by atoms with Crippen LogP contribution in [-0.4, -0.2) is 17.5 Å². The number of rotatable bonds is 1. The summed E-state index contributed by atoms with van der Waals surface area (Å²) in [6.45, 7) is 2.70. The largest absolute Gasteiger partial charge is 0.433 e. The maximum Gasteiger partial charge on any atom is 0.329 e. The van der Waals surface area contributed by atoms with E-state index in [9.17, 15) is 14.4 Å². The lowest BCUT2D eigenvalue weighted by Gasteiger charge is -2.15. The van der Waals surface area contributed by atoms with Crippen molar-refractivity contribution in [2.24, 2.45) is 5.92 Å². The smallest absolute Gasteiger partial charge is 0.329 e. The van der Waals surface area contributed by atoms with Gasteiger partial charge in [-0.05, 0) is 13.8 Å². The molecule has 0 fully saturated rings. The number of esters is 1. The summed E-state index contributed by atoms with van der Waals surface area (Å²) in [6.07, 6.45) is 1.07. The molecule has 1 rings (SSSR count). The monoisotopic (exact) mass is 168 g/mol. The third kappa shape index (κ3) is 1.28. The molecule has 1 unspecified atom stereocenters. The van der Waals surface area contributed by atoms with E-state index in [0.29, 0.717) is 5.57 Å². The zero-order valence-electron chi connectivity index (χ0n) is 6.79. The van der Waals surface area contributed by atoms with Gasteiger partial charge < -0.3 is 4.74 Å². The first-order valence-corrected chi connectivity index (χ1v) is 3.46. The molecule has 0 N–H and O–H groups in total. The summed E-state index contributed by atoms with van der Waals surface area (Å²) in [4.78, 5) is 32.9. The molecular weight excluding hydrogens is 160 g/mol. The normalized spacial score (nSPS) is 23.2. The van der Waals surface area contributed by atoms with Gasteiger partial charge in [0.05, 0.1) is 0 Å². The maximum absolute atomic E-state index is 11.2. The van der Waals surface area contributed by atoms with Gasteiger partial charge in [0.2, 0.25) is 0 Å². The predicted molar refractivity (Wildman–Crippen MR) is 39.0 cm³/mol. The molecule has 1 heterocycles. The summed E-state index contributed by atoms with van der Waals surface area (Å²) in [5.74, 6) is -2.95. The Labute approximate surface area is 69.2 Å². The number of hydrogen-bond donors (Lipinski definition) is 0. The second-order valence-electron chi connectivity index (χ2n) is 2.65. The fourth-order valence-corrected chi connectivity index (χ4v) is 0.958. The van der Waals surface area contributed by atoms with E-state index >= 15 is 0 Å². The van der Waals surface area contributed by atoms with Crippen molar-refractivity contribution in [3.05, 3.63) is 11.8 Å². The van der Waals surface area contributed by atoms with Gasteiger partial charge in [0.15, 0.2) is 17.5 Å². The van der Waals surface area contributed by atoms with Crippen molar-refractivity contribution in [1.82, 2.24) is 0 Å². The van der Waals surface area contributed by atoms with Gasteiger partial charge in [0, 0.05) is 5.57 Å². The minimum absolute atomic E-state index is 0.301. The zero-order valence-corrected chi connectivity index (χ0v) is 6.79. The van der Waals surface area contributed by atoms with Gasteiger partial charge in [0.25, 0.3) is 0 Å². The fraction of sp³-hybridized carbons (Fsp3) is 0.375. The Morgan fingerprint density at radius 3 is 2.50 bits per heavy atom. The summed E-state index contributed by atoms with van der Waals surface area (Å²) < 4.78 is 4.49. The second-order valence-corrected chi connectivity index (χ2v) is 2.65. The highest BCUT2D eigenvalue weighted by atomic mass is 16.5. The topological polar surface area (TPSA) is 60.4 Å². The molecule has 64 valence electrons. The van der Waals surface area contributed by atoms with Crippen molar-refractivity contribution in [2.45, 2.75) is 13.8 Å². The lowest BCUT2D eigenvalue weighted by atomic mass is 9.94. The van der Waals surface area contributed by atoms with Crippen LogP contribution in [-0.2, 0) is 19.1 Å². The molecule has 1 aliphatic heterocycles. The van der Waals surface area contributed by atoms with Crippen LogP contribution < -0.4 is 0 Å². The van der Waals surface area contributed by atoms with E-state index in [-0.39, 0.29) is 0 Å². The molecule has 0 spiro atoms. The number of carbonyl (C=O) groups is 3. The van der Waals surface area contributed by atoms with E-state index in [4.69, 9.17) is 0 Å². The molecule has 0 aromatic heterocycles. The van der Waals surface area contributed by atoms with Gasteiger partial charge >= 0.3 is 5.97 Å². The molecule has 1 atom stereocenters. The van der Waals surface area contributed by atoms with Gasteiger partial charge in [-0.3, -0.25) is 14.4 Å². The van der Waals surface area contributed by atoms with Gasteiger partial charge in [-0.1, -0.05) is 0 Å². The number of hydrogen-bond acceptors (Lipinski definition) is 4. The minimum Gasteiger partial charge on any atom is -0.433 e. The number of carbonyl (C=O) groups excluding carboxylic acids is 3. The fourth-order valence-electron chi connectivity index (χ4n) is 0.958. The van der Waals surface area contributed by atoms with E-state index in [1.165, 1.54) is 13.8 Å². The van der Waals surface area contributed by atoms with Crippen LogP contribution in [0.2, 0.25) is 0 Å². The van der Waals surface area contributed by atoms with E-state index in [0.717, 1.165) is 6.26 Å². The van der Waals surface area contributed by atoms with Crippen molar-refractivity contribution in [3.63, 3.8) is 0 Å². The molecule has 4 nitrogen and oxygen atoms in total. The molecule has 0 bridgehead atoms. The standard InChI is InChI=1S/C8H8O4/c1-4-3-12-8(11)6(5(2)9)7(4)10/h3,6H,1-2H3. The highest BCUT2D eigenvalue weighted by Gasteiger charge is 2.36. The van der Waals surface area contributed by atoms with Crippen LogP contribution in [0.3, 0.4) is 0 Å². The molecule has 1 aliphatic rings. The van der Waals surface area contributed by atoms with Gasteiger partial charge in [-0.25, -0.2) is 0 Å². The highest BCUT2D eigenvalue weighted by molar-refractivity contribution is 6.22. The first-order chi connectivity index (χ1) is 5.54. The van der Waals surface area contributed by atoms with Crippen LogP contribution in [0.5, 0.6) is 0 Å². The molecule has 12 heavy (non-hydrogen) atoms. The second kappa shape index (κ2) is 2.89. The first-order valence-electron chi connectivity index (χ1n) is 3.46. The van der Waals surface area contributed by atoms with Crippen LogP contribution >= 0.6 is 0 Å². The third-order valence-electron chi connectivity index (χ3n) is 1.64. The maximum atomic E-state index is 11.2. The SMILES string of the molecule is CC(=O)C1C(=O)OC=C(C)C1=O. The third-order valence-corrected chi connectivity index (χ3v) is 1.64. The Bertz CT molecular complexity index is 287. The number of cyclic esters (lactones) is 1. The lowest BCUT2D eigenvalue weighted by Crippen LogP contribution is -2.34. The Morgan fingerprint density at radius 2 is 2.08 bits per heavy atom. The van der Waals surface area contributed by atoms with Crippen molar-refractivity contribution in [3.8, 4) is 0 Å². The minimum atomic E-state index is -1.24. The van der Waals surface area contributed by atoms with E-state index in [1.807, 2.05) is 0 Å². The zero-order chi connectivity index (χ0) is 9.30. The van der Waals surface area contributed by atoms with E-state index < -0.39 is 23.5 Å². The van der Waals surface area contributed by atoms with E-state index in [2.05, 4.69) is 4.74 Å². The highest BCUT2D eigenvalue weighted by Crippen LogP contribution is 2.15. The number of ether oxygens (including phenoxy) is 1. The van der Waals surface area contributed by atoms with Crippen LogP contribution in [0.15, 0.2) is 11.8 Å². The Kier molecular flexibility index (Phi) is 2.08. The molecular formula is C8H8O4. The molecule has 0 aliphatic carbocycles. The number of allylic oxidation sites excluding steroid dienone is 1. The van der Waals surface area contributed by atoms with Gasteiger partial charge in [0.1, 0.15) is 6.26 Å². The Morgan fingerprint density at radius 1 is 1.50 bits per heavy atom. The molecule has 0 amide bonds. The molecule has 0 saturated heterocycles. The molecule has 0 saturated carbocycles. The average Bonchev–Trinajstić information content (AvgIpc) is 1.97. The van der Waals surface area contributed by atoms with Gasteiger partial charge in [-0.15, -0.1) is 0 Å². The Balaban J connectivity index is 3.01. The summed E-state index contributed by atoms with van der Waals surface area (Å²) in [6, 6.07) is 0. The molecule has 0 aromatic carbocycles. The number of Topliss-reactive ketones (excluding diaryl/α,β-unsaturated/α-hetero) is 2. The quantitative estimate of drug-likeness (QED) is 0.415. The lowest BCUT2D eigenvalue weighted by molar-refractivity contribution is -0.151. The molecule has 0 radical (unpaired) electrons. The van der Waals surface area contributed by atoms with Crippen molar-refractivity contribution in [2.75, 3.05) is 0 Å². The van der Waals surface area contributed by atoms with Crippen molar-refractivity contribution >= 4 is 17.5 Å². The van der Waals surface area contributed by atoms with Crippen molar-refractivity contribution < 1.29 is 19.1 Å². The first kappa shape index (κ1) is 8.64. The van der Waals surface area contributed by atoms with Crippen LogP contribution in [0, 0.1) is 5.92 Å². The van der Waals surface area contributed by atoms with Crippen LogP contribution in [0.4, 0.5) is 0 Å². The summed E-state index contributed by atoms with van der Waals surface area (Å²) >= 11 is 0. The summed E-state index contributed by atoms with van der Waals surface area (Å²) in [5.41, 5.74) is 0.301. The Hall–Kier alpha value is -1.45. The number of ketones is 2. The van der Waals surface area contributed by atoms with Crippen molar-refractivity contribution in [1.29, 1.82) is 0 Å².